The third-order valence-corrected chi connectivity index (χ3v) is 2.90. The molecule has 0 saturated heterocycles. The van der Waals surface area contributed by atoms with Gasteiger partial charge in [-0.3, -0.25) is 0 Å². The van der Waals surface area contributed by atoms with E-state index in [1.165, 1.54) is 24.3 Å². The first-order valence-corrected chi connectivity index (χ1v) is 5.66. The zero-order valence-electron chi connectivity index (χ0n) is 10.7. The molecule has 2 rings (SSSR count). The number of benzene rings is 2. The largest absolute Gasteiger partial charge is 0.478 e. The topological polar surface area (TPSA) is 127 Å². The lowest BCUT2D eigenvalue weighted by Crippen LogP contribution is -2.04. The lowest BCUT2D eigenvalue weighted by atomic mass is 9.99. The van der Waals surface area contributed by atoms with Gasteiger partial charge in [-0.15, -0.1) is 12.4 Å². The predicted molar refractivity (Wildman–Crippen MR) is 81.9 cm³/mol. The van der Waals surface area contributed by atoms with Crippen LogP contribution in [0, 0.1) is 0 Å². The molecule has 6 nitrogen and oxygen atoms in total. The fourth-order valence-electron chi connectivity index (χ4n) is 1.84. The van der Waals surface area contributed by atoms with Crippen molar-refractivity contribution in [2.75, 3.05) is 11.5 Å². The molecule has 0 aromatic heterocycles. The molecule has 0 aliphatic rings. The van der Waals surface area contributed by atoms with Crippen molar-refractivity contribution < 1.29 is 19.8 Å². The first-order chi connectivity index (χ1) is 9.40. The van der Waals surface area contributed by atoms with Gasteiger partial charge in [0.25, 0.3) is 0 Å². The molecule has 0 saturated carbocycles. The van der Waals surface area contributed by atoms with Gasteiger partial charge in [-0.05, 0) is 35.4 Å². The number of carboxylic acid groups (broad SMARTS) is 2. The summed E-state index contributed by atoms with van der Waals surface area (Å²) in [5.41, 5.74) is 12.5. The van der Waals surface area contributed by atoms with Crippen LogP contribution in [0.5, 0.6) is 0 Å². The molecule has 0 atom stereocenters. The zero-order chi connectivity index (χ0) is 14.9. The summed E-state index contributed by atoms with van der Waals surface area (Å²) in [5, 5.41) is 18.1. The van der Waals surface area contributed by atoms with Crippen molar-refractivity contribution in [2.24, 2.45) is 0 Å². The average molecular weight is 309 g/mol. The van der Waals surface area contributed by atoms with Gasteiger partial charge in [0.2, 0.25) is 0 Å². The van der Waals surface area contributed by atoms with Gasteiger partial charge in [-0.1, -0.05) is 12.1 Å². The number of carbonyl (C=O) groups is 2. The van der Waals surface area contributed by atoms with E-state index >= 15 is 0 Å². The van der Waals surface area contributed by atoms with E-state index in [0.717, 1.165) is 0 Å². The minimum atomic E-state index is -1.14. The zero-order valence-corrected chi connectivity index (χ0v) is 11.6. The molecule has 0 spiro atoms. The lowest BCUT2D eigenvalue weighted by molar-refractivity contribution is 0.0687. The molecule has 2 aromatic rings. The van der Waals surface area contributed by atoms with Gasteiger partial charge in [0.05, 0.1) is 11.1 Å². The number of nitrogens with two attached hydrogens (primary N) is 2. The summed E-state index contributed by atoms with van der Waals surface area (Å²) >= 11 is 0. The Morgan fingerprint density at radius 1 is 0.762 bits per heavy atom. The second kappa shape index (κ2) is 6.15. The highest BCUT2D eigenvalue weighted by atomic mass is 35.5. The Morgan fingerprint density at radius 3 is 1.38 bits per heavy atom. The Labute approximate surface area is 126 Å². The summed E-state index contributed by atoms with van der Waals surface area (Å²) in [4.78, 5) is 22.1. The Balaban J connectivity index is 0.00000220. The molecule has 0 fully saturated rings. The molecule has 2 aromatic carbocycles. The number of hydrogen-bond donors (Lipinski definition) is 4. The standard InChI is InChI=1S/C14H12N2O4.ClH/c15-11-3-1-7(5-9(11)13(17)18)8-2-4-12(16)10(6-8)14(19)20;/h1-6H,15-16H2,(H,17,18)(H,19,20);1H. The molecule has 110 valence electrons. The molecule has 6 N–H and O–H groups in total. The van der Waals surface area contributed by atoms with Gasteiger partial charge in [0.15, 0.2) is 0 Å². The van der Waals surface area contributed by atoms with Gasteiger partial charge >= 0.3 is 11.9 Å². The SMILES string of the molecule is Cl.Nc1ccc(-c2ccc(N)c(C(=O)O)c2)cc1C(=O)O. The van der Waals surface area contributed by atoms with Crippen LogP contribution in [0.4, 0.5) is 11.4 Å². The fraction of sp³-hybridized carbons (Fsp3) is 0. The molecular formula is C14H13ClN2O4. The van der Waals surface area contributed by atoms with Crippen LogP contribution in [0.15, 0.2) is 36.4 Å². The van der Waals surface area contributed by atoms with Crippen LogP contribution in [0.3, 0.4) is 0 Å². The Morgan fingerprint density at radius 2 is 1.10 bits per heavy atom. The summed E-state index contributed by atoms with van der Waals surface area (Å²) in [6.45, 7) is 0. The van der Waals surface area contributed by atoms with E-state index in [2.05, 4.69) is 0 Å². The van der Waals surface area contributed by atoms with E-state index in [9.17, 15) is 9.59 Å². The van der Waals surface area contributed by atoms with Gasteiger partial charge < -0.3 is 21.7 Å². The molecule has 0 radical (unpaired) electrons. The molecular weight excluding hydrogens is 296 g/mol. The van der Waals surface area contributed by atoms with Crippen LogP contribution < -0.4 is 11.5 Å². The van der Waals surface area contributed by atoms with Crippen LogP contribution in [-0.4, -0.2) is 22.2 Å². The Hall–Kier alpha value is -2.73. The van der Waals surface area contributed by atoms with E-state index in [1.54, 1.807) is 12.1 Å². The Kier molecular flexibility index (Phi) is 4.78. The highest BCUT2D eigenvalue weighted by Crippen LogP contribution is 2.26. The number of anilines is 2. The molecule has 0 aliphatic heterocycles. The van der Waals surface area contributed by atoms with E-state index in [-0.39, 0.29) is 34.9 Å². The normalized spacial score (nSPS) is 9.71. The van der Waals surface area contributed by atoms with Crippen molar-refractivity contribution >= 4 is 35.7 Å². The molecule has 0 aliphatic carbocycles. The van der Waals surface area contributed by atoms with Crippen LogP contribution in [0.2, 0.25) is 0 Å². The number of nitrogen functional groups attached to an aromatic ring is 2. The van der Waals surface area contributed by atoms with Crippen LogP contribution in [-0.2, 0) is 0 Å². The number of aromatic carboxylic acids is 2. The number of halogens is 1. The van der Waals surface area contributed by atoms with Crippen molar-refractivity contribution in [2.45, 2.75) is 0 Å². The van der Waals surface area contributed by atoms with Gasteiger partial charge in [0.1, 0.15) is 0 Å². The number of rotatable bonds is 3. The third-order valence-electron chi connectivity index (χ3n) is 2.90. The molecule has 7 heteroatoms. The molecule has 0 amide bonds. The minimum Gasteiger partial charge on any atom is -0.478 e. The predicted octanol–water partition coefficient (Wildman–Crippen LogP) is 2.34. The molecule has 0 unspecified atom stereocenters. The van der Waals surface area contributed by atoms with Crippen molar-refractivity contribution in [3.8, 4) is 11.1 Å². The summed E-state index contributed by atoms with van der Waals surface area (Å²) in [7, 11) is 0. The van der Waals surface area contributed by atoms with Crippen LogP contribution in [0.25, 0.3) is 11.1 Å². The van der Waals surface area contributed by atoms with Crippen molar-refractivity contribution in [1.82, 2.24) is 0 Å². The second-order valence-electron chi connectivity index (χ2n) is 4.21. The second-order valence-corrected chi connectivity index (χ2v) is 4.21. The summed E-state index contributed by atoms with van der Waals surface area (Å²) in [6.07, 6.45) is 0. The van der Waals surface area contributed by atoms with Gasteiger partial charge in [-0.2, -0.15) is 0 Å². The highest BCUT2D eigenvalue weighted by Gasteiger charge is 2.12. The van der Waals surface area contributed by atoms with Crippen molar-refractivity contribution in [3.05, 3.63) is 47.5 Å². The maximum Gasteiger partial charge on any atom is 0.337 e. The van der Waals surface area contributed by atoms with Crippen molar-refractivity contribution in [1.29, 1.82) is 0 Å². The fourth-order valence-corrected chi connectivity index (χ4v) is 1.84. The summed E-state index contributed by atoms with van der Waals surface area (Å²) in [6, 6.07) is 8.98. The maximum atomic E-state index is 11.0. The summed E-state index contributed by atoms with van der Waals surface area (Å²) < 4.78 is 0. The van der Waals surface area contributed by atoms with Crippen molar-refractivity contribution in [3.63, 3.8) is 0 Å². The molecule has 0 bridgehead atoms. The molecule has 0 heterocycles. The lowest BCUT2D eigenvalue weighted by Gasteiger charge is -2.08. The first kappa shape index (κ1) is 16.3. The monoisotopic (exact) mass is 308 g/mol. The van der Waals surface area contributed by atoms with Crippen LogP contribution in [0.1, 0.15) is 20.7 Å². The summed E-state index contributed by atoms with van der Waals surface area (Å²) in [5.74, 6) is -2.28. The number of hydrogen-bond acceptors (Lipinski definition) is 4. The third kappa shape index (κ3) is 3.24. The van der Waals surface area contributed by atoms with E-state index in [0.29, 0.717) is 11.1 Å². The van der Waals surface area contributed by atoms with E-state index in [4.69, 9.17) is 21.7 Å². The maximum absolute atomic E-state index is 11.0. The van der Waals surface area contributed by atoms with Crippen LogP contribution >= 0.6 is 12.4 Å². The van der Waals surface area contributed by atoms with E-state index in [1.807, 2.05) is 0 Å². The minimum absolute atomic E-state index is 0. The first-order valence-electron chi connectivity index (χ1n) is 5.66. The Bertz CT molecular complexity index is 655. The number of carboxylic acids is 2. The smallest absolute Gasteiger partial charge is 0.337 e. The average Bonchev–Trinajstić information content (AvgIpc) is 2.39. The van der Waals surface area contributed by atoms with Gasteiger partial charge in [0, 0.05) is 11.4 Å². The molecule has 21 heavy (non-hydrogen) atoms. The highest BCUT2D eigenvalue weighted by molar-refractivity contribution is 5.97. The van der Waals surface area contributed by atoms with E-state index < -0.39 is 11.9 Å². The quantitative estimate of drug-likeness (QED) is 0.644. The van der Waals surface area contributed by atoms with Gasteiger partial charge in [-0.25, -0.2) is 9.59 Å².